The maximum atomic E-state index is 11.4. The van der Waals surface area contributed by atoms with E-state index in [0.717, 1.165) is 11.8 Å². The molecule has 0 aromatic heterocycles. The average molecular weight is 196 g/mol. The van der Waals surface area contributed by atoms with Gasteiger partial charge in [-0.15, -0.1) is 0 Å². The highest BCUT2D eigenvalue weighted by Crippen LogP contribution is 2.54. The lowest BCUT2D eigenvalue weighted by molar-refractivity contribution is -0.615. The van der Waals surface area contributed by atoms with Gasteiger partial charge in [0.15, 0.2) is 11.3 Å². The van der Waals surface area contributed by atoms with E-state index in [1.54, 1.807) is 0 Å². The van der Waals surface area contributed by atoms with Gasteiger partial charge in [0.25, 0.3) is 0 Å². The van der Waals surface area contributed by atoms with Gasteiger partial charge < -0.3 is 10.4 Å². The van der Waals surface area contributed by atoms with Crippen LogP contribution in [0.15, 0.2) is 5.28 Å². The van der Waals surface area contributed by atoms with Crippen LogP contribution in [0.2, 0.25) is 0 Å². The third-order valence-corrected chi connectivity index (χ3v) is 4.52. The van der Waals surface area contributed by atoms with Gasteiger partial charge >= 0.3 is 0 Å². The molecule has 0 heterocycles. The monoisotopic (exact) mass is 196 g/mol. The van der Waals surface area contributed by atoms with Crippen LogP contribution in [0.5, 0.6) is 0 Å². The van der Waals surface area contributed by atoms with Crippen molar-refractivity contribution in [2.45, 2.75) is 38.1 Å². The van der Waals surface area contributed by atoms with E-state index < -0.39 is 0 Å². The van der Waals surface area contributed by atoms with Crippen molar-refractivity contribution in [2.24, 2.45) is 28.9 Å². The molecule has 4 nitrogen and oxygen atoms in total. The smallest absolute Gasteiger partial charge is 0.199 e. The molecule has 4 aliphatic carbocycles. The summed E-state index contributed by atoms with van der Waals surface area (Å²) in [4.78, 5) is 0.563. The largest absolute Gasteiger partial charge is 0.597 e. The Kier molecular flexibility index (Phi) is 1.73. The van der Waals surface area contributed by atoms with Gasteiger partial charge in [-0.05, 0) is 43.9 Å². The second-order valence-corrected chi connectivity index (χ2v) is 5.31. The summed E-state index contributed by atoms with van der Waals surface area (Å²) in [6, 6.07) is -0.0206. The van der Waals surface area contributed by atoms with E-state index in [0.29, 0.717) is 16.7 Å². The molecule has 0 spiro atoms. The first-order valence-electron chi connectivity index (χ1n) is 5.59. The van der Waals surface area contributed by atoms with Crippen molar-refractivity contribution < 1.29 is 10.1 Å². The molecule has 0 aliphatic heterocycles. The van der Waals surface area contributed by atoms with Crippen molar-refractivity contribution >= 4 is 0 Å². The molecule has 4 heteroatoms. The van der Waals surface area contributed by atoms with Gasteiger partial charge in [0.1, 0.15) is 0 Å². The third-order valence-electron chi connectivity index (χ3n) is 4.52. The lowest BCUT2D eigenvalue weighted by Gasteiger charge is -2.51. The van der Waals surface area contributed by atoms with Crippen LogP contribution in [-0.4, -0.2) is 16.1 Å². The highest BCUT2D eigenvalue weighted by molar-refractivity contribution is 4.98. The molecular weight excluding hydrogens is 180 g/mol. The second-order valence-electron chi connectivity index (χ2n) is 5.31. The van der Waals surface area contributed by atoms with Crippen LogP contribution in [0.4, 0.5) is 0 Å². The van der Waals surface area contributed by atoms with Crippen LogP contribution in [0, 0.1) is 28.9 Å². The molecular formula is C10H16N2O2. The summed E-state index contributed by atoms with van der Waals surface area (Å²) < 4.78 is 0. The average Bonchev–Trinajstić information content (AvgIpc) is 2.15. The highest BCUT2D eigenvalue weighted by Gasteiger charge is 2.53. The standard InChI is InChI=1S/C10H16N2O2/c13-11-12(14)10-8-2-6-1-7(4-8)5-9(10)3-6/h6-10,13H,1-5H2/b12-11-. The molecule has 0 atom stereocenters. The van der Waals surface area contributed by atoms with E-state index in [1.807, 2.05) is 0 Å². The molecule has 14 heavy (non-hydrogen) atoms. The molecule has 0 saturated heterocycles. The Balaban J connectivity index is 1.88. The van der Waals surface area contributed by atoms with Gasteiger partial charge in [-0.1, -0.05) is 4.86 Å². The summed E-state index contributed by atoms with van der Waals surface area (Å²) in [5.41, 5.74) is 0. The molecule has 4 fully saturated rings. The van der Waals surface area contributed by atoms with E-state index >= 15 is 0 Å². The fourth-order valence-corrected chi connectivity index (χ4v) is 4.32. The highest BCUT2D eigenvalue weighted by atomic mass is 16.6. The number of nitrogens with zero attached hydrogens (tertiary/aromatic N) is 2. The van der Waals surface area contributed by atoms with E-state index in [2.05, 4.69) is 5.28 Å². The Morgan fingerprint density at radius 2 is 1.50 bits per heavy atom. The summed E-state index contributed by atoms with van der Waals surface area (Å²) in [5, 5.41) is 22.8. The molecule has 4 saturated carbocycles. The van der Waals surface area contributed by atoms with E-state index in [9.17, 15) is 5.21 Å². The van der Waals surface area contributed by atoms with Gasteiger partial charge in [-0.25, -0.2) is 0 Å². The van der Waals surface area contributed by atoms with Crippen molar-refractivity contribution in [1.82, 2.24) is 0 Å². The fourth-order valence-electron chi connectivity index (χ4n) is 4.32. The molecule has 0 amide bonds. The Bertz CT molecular complexity index is 249. The molecule has 4 aliphatic rings. The van der Waals surface area contributed by atoms with Crippen molar-refractivity contribution in [3.63, 3.8) is 0 Å². The zero-order valence-corrected chi connectivity index (χ0v) is 8.17. The fraction of sp³-hybridized carbons (Fsp3) is 1.00. The maximum absolute atomic E-state index is 11.4. The third kappa shape index (κ3) is 1.06. The van der Waals surface area contributed by atoms with Crippen LogP contribution in [-0.2, 0) is 0 Å². The van der Waals surface area contributed by atoms with E-state index in [-0.39, 0.29) is 6.04 Å². The molecule has 78 valence electrons. The minimum atomic E-state index is -0.0206. The van der Waals surface area contributed by atoms with Gasteiger partial charge in [-0.3, -0.25) is 0 Å². The number of hydrogen-bond acceptors (Lipinski definition) is 2. The summed E-state index contributed by atoms with van der Waals surface area (Å²) in [6.07, 6.45) is 6.13. The first kappa shape index (κ1) is 8.50. The van der Waals surface area contributed by atoms with Gasteiger partial charge in [-0.2, -0.15) is 0 Å². The normalized spacial score (nSPS) is 51.1. The van der Waals surface area contributed by atoms with E-state index in [1.165, 1.54) is 32.1 Å². The Labute approximate surface area is 83.2 Å². The maximum Gasteiger partial charge on any atom is 0.199 e. The van der Waals surface area contributed by atoms with Gasteiger partial charge in [0.05, 0.1) is 0 Å². The lowest BCUT2D eigenvalue weighted by Crippen LogP contribution is -2.51. The zero-order chi connectivity index (χ0) is 9.71. The first-order chi connectivity index (χ1) is 6.78. The SMILES string of the molecule is [O-]/[N+](=N\O)C1C2CC3CC(C2)CC1C3. The zero-order valence-electron chi connectivity index (χ0n) is 8.17. The predicted octanol–water partition coefficient (Wildman–Crippen LogP) is 2.16. The Morgan fingerprint density at radius 1 is 1.00 bits per heavy atom. The van der Waals surface area contributed by atoms with Crippen LogP contribution >= 0.6 is 0 Å². The number of hydrogen-bond donors (Lipinski definition) is 1. The minimum Gasteiger partial charge on any atom is -0.597 e. The van der Waals surface area contributed by atoms with Crippen LogP contribution in [0.25, 0.3) is 0 Å². The summed E-state index contributed by atoms with van der Waals surface area (Å²) in [6.45, 7) is 0. The molecule has 0 aromatic carbocycles. The molecule has 4 bridgehead atoms. The Hall–Kier alpha value is -0.800. The van der Waals surface area contributed by atoms with Crippen molar-refractivity contribution in [3.05, 3.63) is 5.21 Å². The number of rotatable bonds is 1. The first-order valence-corrected chi connectivity index (χ1v) is 5.59. The van der Waals surface area contributed by atoms with Gasteiger partial charge in [0.2, 0.25) is 0 Å². The van der Waals surface area contributed by atoms with Gasteiger partial charge in [0, 0.05) is 11.8 Å². The minimum absolute atomic E-state index is 0.0206. The lowest BCUT2D eigenvalue weighted by atomic mass is 9.54. The number of hydroxylamine groups is 1. The molecule has 0 aromatic rings. The predicted molar refractivity (Wildman–Crippen MR) is 48.7 cm³/mol. The van der Waals surface area contributed by atoms with Crippen LogP contribution in [0.1, 0.15) is 32.1 Å². The Morgan fingerprint density at radius 3 is 1.93 bits per heavy atom. The van der Waals surface area contributed by atoms with Crippen molar-refractivity contribution in [1.29, 1.82) is 0 Å². The quantitative estimate of drug-likeness (QED) is 0.397. The summed E-state index contributed by atoms with van der Waals surface area (Å²) in [7, 11) is 0. The van der Waals surface area contributed by atoms with E-state index in [4.69, 9.17) is 5.21 Å². The van der Waals surface area contributed by atoms with Crippen LogP contribution < -0.4 is 0 Å². The summed E-state index contributed by atoms with van der Waals surface area (Å²) in [5.74, 6) is 2.72. The molecule has 0 unspecified atom stereocenters. The summed E-state index contributed by atoms with van der Waals surface area (Å²) >= 11 is 0. The molecule has 1 N–H and O–H groups in total. The topological polar surface area (TPSA) is 58.7 Å². The molecule has 0 radical (unpaired) electrons. The van der Waals surface area contributed by atoms with Crippen molar-refractivity contribution in [2.75, 3.05) is 0 Å². The second kappa shape index (κ2) is 2.84. The molecule has 4 rings (SSSR count). The van der Waals surface area contributed by atoms with Crippen LogP contribution in [0.3, 0.4) is 0 Å². The van der Waals surface area contributed by atoms with Crippen molar-refractivity contribution in [3.8, 4) is 0 Å².